The van der Waals surface area contributed by atoms with Crippen molar-refractivity contribution in [3.63, 3.8) is 0 Å². The predicted octanol–water partition coefficient (Wildman–Crippen LogP) is 2.62. The van der Waals surface area contributed by atoms with Crippen LogP contribution in [-0.4, -0.2) is 27.0 Å². The van der Waals surface area contributed by atoms with E-state index in [0.717, 1.165) is 29.7 Å². The topological polar surface area (TPSA) is 72.2 Å². The molecule has 0 aromatic heterocycles. The third-order valence-corrected chi connectivity index (χ3v) is 5.84. The average Bonchev–Trinajstić information content (AvgIpc) is 2.36. The summed E-state index contributed by atoms with van der Waals surface area (Å²) in [6.45, 7) is 5.92. The van der Waals surface area contributed by atoms with Crippen molar-refractivity contribution >= 4 is 27.5 Å². The summed E-state index contributed by atoms with van der Waals surface area (Å²) in [5.41, 5.74) is 8.71. The van der Waals surface area contributed by atoms with E-state index in [9.17, 15) is 8.42 Å². The maximum Gasteiger partial charge on any atom is 0.241 e. The molecule has 114 valence electrons. The molecule has 1 aromatic carbocycles. The molecular formula is C14H24N2O2S2. The van der Waals surface area contributed by atoms with Crippen LogP contribution in [0, 0.1) is 20.8 Å². The van der Waals surface area contributed by atoms with Crippen LogP contribution in [0.25, 0.3) is 0 Å². The molecule has 0 aliphatic carbocycles. The second kappa shape index (κ2) is 7.33. The fraction of sp³-hybridized carbons (Fsp3) is 0.571. The van der Waals surface area contributed by atoms with E-state index in [-0.39, 0.29) is 0 Å². The van der Waals surface area contributed by atoms with E-state index in [4.69, 9.17) is 5.73 Å². The molecule has 3 N–H and O–H groups in total. The third-order valence-electron chi connectivity index (χ3n) is 3.41. The maximum absolute atomic E-state index is 12.4. The van der Waals surface area contributed by atoms with Crippen molar-refractivity contribution in [2.75, 3.05) is 24.3 Å². The Bertz CT molecular complexity index is 543. The zero-order valence-electron chi connectivity index (χ0n) is 12.6. The maximum atomic E-state index is 12.4. The van der Waals surface area contributed by atoms with Crippen molar-refractivity contribution in [2.45, 2.75) is 38.5 Å². The van der Waals surface area contributed by atoms with Gasteiger partial charge in [-0.2, -0.15) is 11.8 Å². The monoisotopic (exact) mass is 316 g/mol. The first-order valence-corrected chi connectivity index (χ1v) is 9.54. The molecule has 0 heterocycles. The number of hydrogen-bond donors (Lipinski definition) is 2. The van der Waals surface area contributed by atoms with E-state index in [1.807, 2.05) is 26.2 Å². The highest BCUT2D eigenvalue weighted by Crippen LogP contribution is 2.27. The van der Waals surface area contributed by atoms with Crippen molar-refractivity contribution in [1.82, 2.24) is 4.72 Å². The molecule has 0 radical (unpaired) electrons. The number of aryl methyl sites for hydroxylation is 1. The molecule has 0 saturated carbocycles. The molecule has 20 heavy (non-hydrogen) atoms. The largest absolute Gasteiger partial charge is 0.398 e. The zero-order valence-corrected chi connectivity index (χ0v) is 14.2. The lowest BCUT2D eigenvalue weighted by molar-refractivity contribution is 0.577. The van der Waals surface area contributed by atoms with Crippen LogP contribution in [0.5, 0.6) is 0 Å². The first-order valence-electron chi connectivity index (χ1n) is 6.66. The summed E-state index contributed by atoms with van der Waals surface area (Å²) in [6, 6.07) is 1.82. The smallest absolute Gasteiger partial charge is 0.241 e. The highest BCUT2D eigenvalue weighted by Gasteiger charge is 2.21. The van der Waals surface area contributed by atoms with Gasteiger partial charge in [-0.25, -0.2) is 13.1 Å². The Hall–Kier alpha value is -0.720. The number of benzene rings is 1. The van der Waals surface area contributed by atoms with Crippen molar-refractivity contribution in [1.29, 1.82) is 0 Å². The number of hydrogen-bond acceptors (Lipinski definition) is 4. The molecular weight excluding hydrogens is 292 g/mol. The van der Waals surface area contributed by atoms with Crippen molar-refractivity contribution in [3.05, 3.63) is 22.8 Å². The summed E-state index contributed by atoms with van der Waals surface area (Å²) in [4.78, 5) is 0.333. The van der Waals surface area contributed by atoms with Crippen molar-refractivity contribution in [3.8, 4) is 0 Å². The molecule has 0 amide bonds. The fourth-order valence-corrected chi connectivity index (χ4v) is 4.23. The minimum atomic E-state index is -3.49. The van der Waals surface area contributed by atoms with E-state index in [0.29, 0.717) is 22.7 Å². The van der Waals surface area contributed by atoms with Crippen LogP contribution in [0.4, 0.5) is 5.69 Å². The number of nitrogens with one attached hydrogen (secondary N) is 1. The van der Waals surface area contributed by atoms with E-state index < -0.39 is 10.0 Å². The number of sulfonamides is 1. The highest BCUT2D eigenvalue weighted by molar-refractivity contribution is 7.98. The first-order chi connectivity index (χ1) is 9.31. The van der Waals surface area contributed by atoms with Gasteiger partial charge >= 0.3 is 0 Å². The standard InChI is InChI=1S/C14H24N2O2S2/c1-10-9-13(15)12(3)14(11(10)2)20(17,18)16-7-5-6-8-19-4/h9,16H,5-8,15H2,1-4H3. The number of nitrogen functional groups attached to an aromatic ring is 1. The molecule has 0 atom stereocenters. The van der Waals surface area contributed by atoms with Gasteiger partial charge in [-0.05, 0) is 68.4 Å². The van der Waals surface area contributed by atoms with Crippen molar-refractivity contribution < 1.29 is 8.42 Å². The summed E-state index contributed by atoms with van der Waals surface area (Å²) in [5, 5.41) is 0. The summed E-state index contributed by atoms with van der Waals surface area (Å²) in [7, 11) is -3.49. The molecule has 0 aliphatic heterocycles. The normalized spacial score (nSPS) is 11.8. The Morgan fingerprint density at radius 1 is 1.20 bits per heavy atom. The third kappa shape index (κ3) is 4.14. The van der Waals surface area contributed by atoms with Gasteiger partial charge in [0.2, 0.25) is 10.0 Å². The molecule has 1 rings (SSSR count). The van der Waals surface area contributed by atoms with Crippen molar-refractivity contribution in [2.24, 2.45) is 0 Å². The average molecular weight is 316 g/mol. The van der Waals surface area contributed by atoms with Crippen LogP contribution in [0.1, 0.15) is 29.5 Å². The molecule has 0 fully saturated rings. The van der Waals surface area contributed by atoms with Crippen LogP contribution < -0.4 is 10.5 Å². The summed E-state index contributed by atoms with van der Waals surface area (Å²) < 4.78 is 27.6. The van der Waals surface area contributed by atoms with Gasteiger partial charge in [0, 0.05) is 12.2 Å². The van der Waals surface area contributed by atoms with E-state index >= 15 is 0 Å². The second-order valence-electron chi connectivity index (χ2n) is 4.96. The Labute approximate surface area is 126 Å². The van der Waals surface area contributed by atoms with Gasteiger partial charge in [-0.1, -0.05) is 0 Å². The molecule has 0 bridgehead atoms. The van der Waals surface area contributed by atoms with Crippen LogP contribution >= 0.6 is 11.8 Å². The SMILES string of the molecule is CSCCCCNS(=O)(=O)c1c(C)c(C)cc(N)c1C. The highest BCUT2D eigenvalue weighted by atomic mass is 32.2. The number of unbranched alkanes of at least 4 members (excludes halogenated alkanes) is 1. The molecule has 0 spiro atoms. The Morgan fingerprint density at radius 3 is 2.45 bits per heavy atom. The number of rotatable bonds is 7. The molecule has 0 unspecified atom stereocenters. The molecule has 4 nitrogen and oxygen atoms in total. The Morgan fingerprint density at radius 2 is 1.85 bits per heavy atom. The molecule has 1 aromatic rings. The predicted molar refractivity (Wildman–Crippen MR) is 87.9 cm³/mol. The van der Waals surface area contributed by atoms with E-state index in [1.165, 1.54) is 0 Å². The summed E-state index contributed by atoms with van der Waals surface area (Å²) in [6.07, 6.45) is 3.91. The van der Waals surface area contributed by atoms with E-state index in [1.54, 1.807) is 18.7 Å². The van der Waals surface area contributed by atoms with Gasteiger partial charge in [-0.15, -0.1) is 0 Å². The zero-order chi connectivity index (χ0) is 15.3. The molecule has 6 heteroatoms. The number of nitrogens with two attached hydrogens (primary N) is 1. The van der Waals surface area contributed by atoms with Gasteiger partial charge in [-0.3, -0.25) is 0 Å². The quantitative estimate of drug-likeness (QED) is 0.599. The van der Waals surface area contributed by atoms with Crippen LogP contribution in [0.3, 0.4) is 0 Å². The second-order valence-corrected chi connectivity index (χ2v) is 7.65. The van der Waals surface area contributed by atoms with E-state index in [2.05, 4.69) is 4.72 Å². The van der Waals surface area contributed by atoms with Gasteiger partial charge in [0.05, 0.1) is 4.90 Å². The number of anilines is 1. The Kier molecular flexibility index (Phi) is 6.36. The Balaban J connectivity index is 2.93. The fourth-order valence-electron chi connectivity index (χ4n) is 2.09. The minimum Gasteiger partial charge on any atom is -0.398 e. The lowest BCUT2D eigenvalue weighted by Gasteiger charge is -2.15. The number of thioether (sulfide) groups is 1. The van der Waals surface area contributed by atoms with Gasteiger partial charge in [0.15, 0.2) is 0 Å². The van der Waals surface area contributed by atoms with Gasteiger partial charge in [0.25, 0.3) is 0 Å². The molecule has 0 saturated heterocycles. The van der Waals surface area contributed by atoms with Gasteiger partial charge in [0.1, 0.15) is 0 Å². The minimum absolute atomic E-state index is 0.333. The lowest BCUT2D eigenvalue weighted by atomic mass is 10.1. The van der Waals surface area contributed by atoms with Crippen LogP contribution in [-0.2, 0) is 10.0 Å². The lowest BCUT2D eigenvalue weighted by Crippen LogP contribution is -2.27. The first kappa shape index (κ1) is 17.3. The summed E-state index contributed by atoms with van der Waals surface area (Å²) >= 11 is 1.77. The van der Waals surface area contributed by atoms with Crippen LogP contribution in [0.2, 0.25) is 0 Å². The van der Waals surface area contributed by atoms with Gasteiger partial charge < -0.3 is 5.73 Å². The summed E-state index contributed by atoms with van der Waals surface area (Å²) in [5.74, 6) is 1.05. The van der Waals surface area contributed by atoms with Crippen LogP contribution in [0.15, 0.2) is 11.0 Å². The molecule has 0 aliphatic rings.